The van der Waals surface area contributed by atoms with Gasteiger partial charge in [-0.2, -0.15) is 0 Å². The predicted molar refractivity (Wildman–Crippen MR) is 143 cm³/mol. The number of nitrogens with zero attached hydrogens (tertiary/aromatic N) is 2. The van der Waals surface area contributed by atoms with Gasteiger partial charge in [-0.3, -0.25) is 0 Å². The molecule has 0 atom stereocenters. The van der Waals surface area contributed by atoms with E-state index < -0.39 is 21.8 Å². The van der Waals surface area contributed by atoms with E-state index in [9.17, 15) is 0 Å². The molecule has 8 rings (SSSR count). The summed E-state index contributed by atoms with van der Waals surface area (Å²) in [5.74, 6) is 5.10. The zero-order valence-electron chi connectivity index (χ0n) is 21.4. The van der Waals surface area contributed by atoms with Gasteiger partial charge in [-0.05, 0) is 34.6 Å². The van der Waals surface area contributed by atoms with E-state index in [2.05, 4.69) is 96.9 Å². The standard InChI is InChI=1S/C29H28N2O3Si2/c1-35(2,3)17-13-19-20-14-18(36(4,5)6)16-26-31(20)29-27-21(32-22-10-8-12-24(34-26)28(22)29)9-7-11-23(27)33-25(15-17)30(19)29/h7-16H,1-6H3/q+2. The molecule has 0 fully saturated rings. The fourth-order valence-electron chi connectivity index (χ4n) is 6.27. The lowest BCUT2D eigenvalue weighted by molar-refractivity contribution is -0.943. The van der Waals surface area contributed by atoms with Gasteiger partial charge >= 0.3 is 17.4 Å². The van der Waals surface area contributed by atoms with Gasteiger partial charge in [0.25, 0.3) is 11.4 Å². The lowest BCUT2D eigenvalue weighted by atomic mass is 9.84. The molecule has 0 N–H and O–H groups in total. The van der Waals surface area contributed by atoms with Gasteiger partial charge in [0.05, 0.1) is 28.3 Å². The van der Waals surface area contributed by atoms with Crippen LogP contribution in [-0.2, 0) is 5.66 Å². The third-order valence-corrected chi connectivity index (χ3v) is 12.1. The molecule has 4 aromatic rings. The van der Waals surface area contributed by atoms with Gasteiger partial charge in [0, 0.05) is 12.1 Å². The van der Waals surface area contributed by atoms with Crippen LogP contribution in [0.3, 0.4) is 0 Å². The molecule has 36 heavy (non-hydrogen) atoms. The fourth-order valence-corrected chi connectivity index (χ4v) is 8.52. The Bertz CT molecular complexity index is 1570. The third-order valence-electron chi connectivity index (χ3n) is 8.03. The second-order valence-electron chi connectivity index (χ2n) is 12.3. The average Bonchev–Trinajstić information content (AvgIpc) is 3.10. The van der Waals surface area contributed by atoms with E-state index >= 15 is 0 Å². The number of hydrogen-bond acceptors (Lipinski definition) is 3. The van der Waals surface area contributed by atoms with E-state index in [1.54, 1.807) is 0 Å². The molecule has 2 aromatic heterocycles. The molecule has 0 amide bonds. The van der Waals surface area contributed by atoms with E-state index in [-0.39, 0.29) is 0 Å². The summed E-state index contributed by atoms with van der Waals surface area (Å²) in [5.41, 5.74) is 3.79. The molecule has 4 aliphatic heterocycles. The summed E-state index contributed by atoms with van der Waals surface area (Å²) in [6.45, 7) is 14.4. The molecular formula is C29H28N2O3Si2+2. The van der Waals surface area contributed by atoms with Crippen LogP contribution in [0.5, 0.6) is 34.8 Å². The molecule has 1 spiro atoms. The first-order valence-electron chi connectivity index (χ1n) is 12.6. The SMILES string of the molecule is C[Si](C)(C)c1cc2[n+]3c(c1)-c1cc([Si](C)(C)C)cc4[n+]1C31c3c(cccc3O2)Oc2cccc(c21)O4. The Balaban J connectivity index is 1.63. The summed E-state index contributed by atoms with van der Waals surface area (Å²) in [6.07, 6.45) is 0. The van der Waals surface area contributed by atoms with Crippen LogP contribution in [0.2, 0.25) is 39.3 Å². The van der Waals surface area contributed by atoms with Crippen molar-refractivity contribution in [1.29, 1.82) is 0 Å². The van der Waals surface area contributed by atoms with Gasteiger partial charge < -0.3 is 14.2 Å². The smallest absolute Gasteiger partial charge is 0.437 e. The normalized spacial score (nSPS) is 16.4. The van der Waals surface area contributed by atoms with Crippen LogP contribution in [0.25, 0.3) is 11.4 Å². The lowest BCUT2D eigenvalue weighted by Crippen LogP contribution is -2.74. The van der Waals surface area contributed by atoms with Crippen molar-refractivity contribution < 1.29 is 23.3 Å². The fraction of sp³-hybridized carbons (Fsp3) is 0.241. The number of aromatic nitrogens is 2. The van der Waals surface area contributed by atoms with Crippen molar-refractivity contribution in [2.24, 2.45) is 0 Å². The maximum Gasteiger partial charge on any atom is 0.437 e. The Hall–Kier alpha value is -3.43. The molecule has 7 heteroatoms. The summed E-state index contributed by atoms with van der Waals surface area (Å²) in [7, 11) is -3.28. The number of hydrogen-bond donors (Lipinski definition) is 0. The average molecular weight is 509 g/mol. The van der Waals surface area contributed by atoms with Crippen molar-refractivity contribution in [3.63, 3.8) is 0 Å². The van der Waals surface area contributed by atoms with Gasteiger partial charge in [0.1, 0.15) is 11.5 Å². The minimum absolute atomic E-state index is 0.655. The number of fused-ring (bicyclic) bond motifs is 1. The molecule has 178 valence electrons. The van der Waals surface area contributed by atoms with Crippen LogP contribution in [-0.4, -0.2) is 16.1 Å². The highest BCUT2D eigenvalue weighted by molar-refractivity contribution is 6.89. The molecule has 6 heterocycles. The van der Waals surface area contributed by atoms with Gasteiger partial charge in [0.15, 0.2) is 22.6 Å². The van der Waals surface area contributed by atoms with Gasteiger partial charge in [-0.1, -0.05) is 60.5 Å². The van der Waals surface area contributed by atoms with Gasteiger partial charge in [0.2, 0.25) is 0 Å². The van der Waals surface area contributed by atoms with E-state index in [1.165, 1.54) is 21.8 Å². The van der Waals surface area contributed by atoms with E-state index in [4.69, 9.17) is 14.2 Å². The first kappa shape index (κ1) is 20.7. The zero-order valence-corrected chi connectivity index (χ0v) is 23.4. The van der Waals surface area contributed by atoms with Crippen molar-refractivity contribution in [2.45, 2.75) is 44.9 Å². The first-order valence-corrected chi connectivity index (χ1v) is 19.6. The molecule has 0 saturated carbocycles. The van der Waals surface area contributed by atoms with Crippen LogP contribution in [0.4, 0.5) is 0 Å². The second-order valence-corrected chi connectivity index (χ2v) is 22.5. The highest BCUT2D eigenvalue weighted by Crippen LogP contribution is 2.58. The number of pyridine rings is 2. The molecule has 0 saturated heterocycles. The molecule has 5 nitrogen and oxygen atoms in total. The summed E-state index contributed by atoms with van der Waals surface area (Å²) >= 11 is 0. The van der Waals surface area contributed by atoms with Crippen molar-refractivity contribution >= 4 is 26.5 Å². The maximum absolute atomic E-state index is 6.71. The minimum Gasteiger partial charge on any atom is -0.455 e. The largest absolute Gasteiger partial charge is 0.455 e. The lowest BCUT2D eigenvalue weighted by Gasteiger charge is -2.35. The van der Waals surface area contributed by atoms with E-state index in [0.717, 1.165) is 45.9 Å². The Kier molecular flexibility index (Phi) is 3.51. The van der Waals surface area contributed by atoms with Crippen molar-refractivity contribution in [3.8, 4) is 46.1 Å². The summed E-state index contributed by atoms with van der Waals surface area (Å²) < 4.78 is 24.7. The molecule has 4 aliphatic rings. The topological polar surface area (TPSA) is 35.5 Å². The quantitative estimate of drug-likeness (QED) is 0.245. The summed E-state index contributed by atoms with van der Waals surface area (Å²) in [4.78, 5) is 0. The van der Waals surface area contributed by atoms with E-state index in [0.29, 0.717) is 0 Å². The number of ether oxygens (including phenoxy) is 3. The molecular weight excluding hydrogens is 481 g/mol. The van der Waals surface area contributed by atoms with Crippen molar-refractivity contribution in [3.05, 3.63) is 71.8 Å². The van der Waals surface area contributed by atoms with Gasteiger partial charge in [-0.25, -0.2) is 0 Å². The Morgan fingerprint density at radius 3 is 1.33 bits per heavy atom. The number of rotatable bonds is 2. The Morgan fingerprint density at radius 2 is 0.944 bits per heavy atom. The van der Waals surface area contributed by atoms with Crippen LogP contribution in [0.1, 0.15) is 11.1 Å². The monoisotopic (exact) mass is 508 g/mol. The third kappa shape index (κ3) is 2.27. The highest BCUT2D eigenvalue weighted by Gasteiger charge is 2.75. The van der Waals surface area contributed by atoms with E-state index in [1.807, 2.05) is 12.1 Å². The Labute approximate surface area is 212 Å². The molecule has 0 unspecified atom stereocenters. The second kappa shape index (κ2) is 6.10. The highest BCUT2D eigenvalue weighted by atomic mass is 28.3. The summed E-state index contributed by atoms with van der Waals surface area (Å²) in [5, 5.41) is 2.76. The van der Waals surface area contributed by atoms with Crippen LogP contribution >= 0.6 is 0 Å². The maximum atomic E-state index is 6.71. The molecule has 0 aliphatic carbocycles. The summed E-state index contributed by atoms with van der Waals surface area (Å²) in [6, 6.07) is 21.7. The van der Waals surface area contributed by atoms with Crippen molar-refractivity contribution in [1.82, 2.24) is 0 Å². The molecule has 0 radical (unpaired) electrons. The van der Waals surface area contributed by atoms with Crippen LogP contribution < -0.4 is 33.7 Å². The molecule has 0 bridgehead atoms. The van der Waals surface area contributed by atoms with Crippen molar-refractivity contribution in [2.75, 3.05) is 0 Å². The molecule has 2 aromatic carbocycles. The predicted octanol–water partition coefficient (Wildman–Crippen LogP) is 4.95. The zero-order chi connectivity index (χ0) is 24.8. The Morgan fingerprint density at radius 1 is 0.556 bits per heavy atom. The van der Waals surface area contributed by atoms with Crippen LogP contribution in [0.15, 0.2) is 60.7 Å². The first-order chi connectivity index (χ1) is 17.1. The minimum atomic E-state index is -1.64. The van der Waals surface area contributed by atoms with Crippen LogP contribution in [0, 0.1) is 0 Å². The number of benzene rings is 2. The van der Waals surface area contributed by atoms with Gasteiger partial charge in [-0.15, -0.1) is 0 Å².